The number of hydrogen-bond donors (Lipinski definition) is 0. The topological polar surface area (TPSA) is 44.1 Å². The van der Waals surface area contributed by atoms with Crippen molar-refractivity contribution in [3.05, 3.63) is 53.6 Å². The van der Waals surface area contributed by atoms with Crippen LogP contribution in [0.5, 0.6) is 0 Å². The van der Waals surface area contributed by atoms with Crippen LogP contribution in [0.25, 0.3) is 0 Å². The molecule has 1 atom stereocenters. The number of hydrogen-bond acceptors (Lipinski definition) is 3. The lowest BCUT2D eigenvalue weighted by molar-refractivity contribution is 0.0586. The molecule has 0 N–H and O–H groups in total. The van der Waals surface area contributed by atoms with Gasteiger partial charge in [0.2, 0.25) is 0 Å². The van der Waals surface area contributed by atoms with E-state index in [9.17, 15) is 4.79 Å². The van der Waals surface area contributed by atoms with E-state index < -0.39 is 0 Å². The maximum Gasteiger partial charge on any atom is 0.356 e. The molecule has 2 aromatic rings. The van der Waals surface area contributed by atoms with E-state index in [0.29, 0.717) is 5.69 Å². The van der Waals surface area contributed by atoms with E-state index in [-0.39, 0.29) is 12.0 Å². The van der Waals surface area contributed by atoms with Gasteiger partial charge in [0.1, 0.15) is 5.69 Å². The zero-order valence-electron chi connectivity index (χ0n) is 12.2. The SMILES string of the molecule is CCCC(c1ccc(C)cc1)n1cncc1C(=O)OC. The van der Waals surface area contributed by atoms with Crippen LogP contribution in [0, 0.1) is 6.92 Å². The molecule has 2 rings (SSSR count). The first-order valence-electron chi connectivity index (χ1n) is 6.84. The molecule has 0 saturated heterocycles. The maximum absolute atomic E-state index is 11.8. The van der Waals surface area contributed by atoms with E-state index in [1.54, 1.807) is 12.5 Å². The van der Waals surface area contributed by atoms with Crippen LogP contribution in [0.2, 0.25) is 0 Å². The van der Waals surface area contributed by atoms with E-state index in [0.717, 1.165) is 12.8 Å². The summed E-state index contributed by atoms with van der Waals surface area (Å²) in [5.74, 6) is -0.351. The van der Waals surface area contributed by atoms with Gasteiger partial charge in [-0.3, -0.25) is 0 Å². The second-order valence-electron chi connectivity index (χ2n) is 4.89. The van der Waals surface area contributed by atoms with Crippen LogP contribution in [0.4, 0.5) is 0 Å². The molecule has 0 aliphatic heterocycles. The first-order chi connectivity index (χ1) is 9.67. The molecule has 0 amide bonds. The van der Waals surface area contributed by atoms with E-state index in [1.807, 2.05) is 4.57 Å². The Morgan fingerprint density at radius 1 is 1.35 bits per heavy atom. The molecule has 4 nitrogen and oxygen atoms in total. The Kier molecular flexibility index (Phi) is 4.56. The summed E-state index contributed by atoms with van der Waals surface area (Å²) in [7, 11) is 1.39. The van der Waals surface area contributed by atoms with Gasteiger partial charge in [-0.1, -0.05) is 43.2 Å². The molecule has 0 radical (unpaired) electrons. The number of methoxy groups -OCH3 is 1. The Labute approximate surface area is 119 Å². The third-order valence-electron chi connectivity index (χ3n) is 3.42. The molecule has 0 spiro atoms. The summed E-state index contributed by atoms with van der Waals surface area (Å²) in [5, 5.41) is 0. The van der Waals surface area contributed by atoms with Crippen LogP contribution in [0.1, 0.15) is 47.4 Å². The van der Waals surface area contributed by atoms with Crippen molar-refractivity contribution < 1.29 is 9.53 Å². The van der Waals surface area contributed by atoms with Gasteiger partial charge in [0.25, 0.3) is 0 Å². The summed E-state index contributed by atoms with van der Waals surface area (Å²) >= 11 is 0. The van der Waals surface area contributed by atoms with Crippen LogP contribution in [0.15, 0.2) is 36.8 Å². The lowest BCUT2D eigenvalue weighted by atomic mass is 10.0. The molecule has 106 valence electrons. The van der Waals surface area contributed by atoms with Crippen molar-refractivity contribution >= 4 is 5.97 Å². The quantitative estimate of drug-likeness (QED) is 0.784. The second-order valence-corrected chi connectivity index (χ2v) is 4.89. The van der Waals surface area contributed by atoms with Crippen LogP contribution >= 0.6 is 0 Å². The first-order valence-corrected chi connectivity index (χ1v) is 6.84. The number of ether oxygens (including phenoxy) is 1. The van der Waals surface area contributed by atoms with Crippen molar-refractivity contribution in [2.75, 3.05) is 7.11 Å². The summed E-state index contributed by atoms with van der Waals surface area (Å²) < 4.78 is 6.72. The highest BCUT2D eigenvalue weighted by Crippen LogP contribution is 2.25. The highest BCUT2D eigenvalue weighted by atomic mass is 16.5. The summed E-state index contributed by atoms with van der Waals surface area (Å²) in [6.45, 7) is 4.20. The summed E-state index contributed by atoms with van der Waals surface area (Å²) in [6, 6.07) is 8.50. The third-order valence-corrected chi connectivity index (χ3v) is 3.42. The van der Waals surface area contributed by atoms with Crippen LogP contribution in [-0.2, 0) is 4.74 Å². The Balaban J connectivity index is 2.41. The molecule has 0 bridgehead atoms. The third kappa shape index (κ3) is 2.90. The monoisotopic (exact) mass is 272 g/mol. The number of aromatic nitrogens is 2. The van der Waals surface area contributed by atoms with Crippen molar-refractivity contribution in [3.63, 3.8) is 0 Å². The molecular formula is C16H20N2O2. The van der Waals surface area contributed by atoms with E-state index in [4.69, 9.17) is 4.74 Å². The molecule has 1 aromatic carbocycles. The molecule has 0 aliphatic rings. The van der Waals surface area contributed by atoms with Crippen molar-refractivity contribution in [1.82, 2.24) is 9.55 Å². The lowest BCUT2D eigenvalue weighted by Gasteiger charge is -2.20. The van der Waals surface area contributed by atoms with Crippen molar-refractivity contribution in [2.45, 2.75) is 32.7 Å². The van der Waals surface area contributed by atoms with Gasteiger partial charge >= 0.3 is 5.97 Å². The van der Waals surface area contributed by atoms with Crippen molar-refractivity contribution in [3.8, 4) is 0 Å². The molecule has 0 fully saturated rings. The fraction of sp³-hybridized carbons (Fsp3) is 0.375. The zero-order chi connectivity index (χ0) is 14.5. The van der Waals surface area contributed by atoms with E-state index in [2.05, 4.69) is 43.1 Å². The van der Waals surface area contributed by atoms with Gasteiger partial charge in [0.15, 0.2) is 0 Å². The van der Waals surface area contributed by atoms with Crippen LogP contribution < -0.4 is 0 Å². The van der Waals surface area contributed by atoms with Gasteiger partial charge in [-0.25, -0.2) is 9.78 Å². The number of esters is 1. The van der Waals surface area contributed by atoms with E-state index >= 15 is 0 Å². The number of rotatable bonds is 5. The van der Waals surface area contributed by atoms with Gasteiger partial charge in [-0.2, -0.15) is 0 Å². The maximum atomic E-state index is 11.8. The Morgan fingerprint density at radius 3 is 2.65 bits per heavy atom. The number of imidazole rings is 1. The number of aryl methyl sites for hydroxylation is 1. The molecule has 1 heterocycles. The molecule has 0 aliphatic carbocycles. The minimum absolute atomic E-state index is 0.109. The summed E-state index contributed by atoms with van der Waals surface area (Å²) in [5.41, 5.74) is 2.90. The number of carbonyl (C=O) groups excluding carboxylic acids is 1. The highest BCUT2D eigenvalue weighted by Gasteiger charge is 2.20. The molecular weight excluding hydrogens is 252 g/mol. The van der Waals surface area contributed by atoms with Crippen LogP contribution in [0.3, 0.4) is 0 Å². The molecule has 0 saturated carbocycles. The smallest absolute Gasteiger partial charge is 0.356 e. The summed E-state index contributed by atoms with van der Waals surface area (Å²) in [4.78, 5) is 15.9. The first kappa shape index (κ1) is 14.3. The fourth-order valence-electron chi connectivity index (χ4n) is 2.34. The van der Waals surface area contributed by atoms with Crippen LogP contribution in [-0.4, -0.2) is 22.6 Å². The van der Waals surface area contributed by atoms with Gasteiger partial charge in [0, 0.05) is 0 Å². The second kappa shape index (κ2) is 6.37. The minimum Gasteiger partial charge on any atom is -0.464 e. The van der Waals surface area contributed by atoms with Gasteiger partial charge < -0.3 is 9.30 Å². The molecule has 1 aromatic heterocycles. The predicted molar refractivity (Wildman–Crippen MR) is 77.8 cm³/mol. The molecule has 4 heteroatoms. The Bertz CT molecular complexity index is 572. The standard InChI is InChI=1S/C16H20N2O2/c1-4-5-14(13-8-6-12(2)7-9-13)18-11-17-10-15(18)16(19)20-3/h6-11,14H,4-5H2,1-3H3. The Hall–Kier alpha value is -2.10. The van der Waals surface area contributed by atoms with Gasteiger partial charge in [0.05, 0.1) is 25.7 Å². The number of nitrogens with zero attached hydrogens (tertiary/aromatic N) is 2. The van der Waals surface area contributed by atoms with Crippen molar-refractivity contribution in [1.29, 1.82) is 0 Å². The molecule has 20 heavy (non-hydrogen) atoms. The lowest BCUT2D eigenvalue weighted by Crippen LogP contribution is -2.16. The average molecular weight is 272 g/mol. The van der Waals surface area contributed by atoms with Gasteiger partial charge in [-0.05, 0) is 18.9 Å². The summed E-state index contributed by atoms with van der Waals surface area (Å²) in [6.07, 6.45) is 5.23. The largest absolute Gasteiger partial charge is 0.464 e. The highest BCUT2D eigenvalue weighted by molar-refractivity contribution is 5.87. The fourth-order valence-corrected chi connectivity index (χ4v) is 2.34. The predicted octanol–water partition coefficient (Wildman–Crippen LogP) is 3.37. The molecule has 1 unspecified atom stereocenters. The van der Waals surface area contributed by atoms with Gasteiger partial charge in [-0.15, -0.1) is 0 Å². The Morgan fingerprint density at radius 2 is 2.05 bits per heavy atom. The van der Waals surface area contributed by atoms with E-state index in [1.165, 1.54) is 18.2 Å². The minimum atomic E-state index is -0.351. The average Bonchev–Trinajstić information content (AvgIpc) is 2.94. The van der Waals surface area contributed by atoms with Crippen molar-refractivity contribution in [2.24, 2.45) is 0 Å². The normalized spacial score (nSPS) is 12.2. The number of benzene rings is 1. The number of carbonyl (C=O) groups is 1. The zero-order valence-corrected chi connectivity index (χ0v) is 12.2.